The molecule has 2 atom stereocenters. The van der Waals surface area contributed by atoms with E-state index in [2.05, 4.69) is 15.5 Å². The molecule has 3 N–H and O–H groups in total. The van der Waals surface area contributed by atoms with Crippen LogP contribution in [0.1, 0.15) is 54.2 Å². The van der Waals surface area contributed by atoms with E-state index in [4.69, 9.17) is 10.3 Å². The van der Waals surface area contributed by atoms with E-state index in [0.717, 1.165) is 17.7 Å². The van der Waals surface area contributed by atoms with Crippen molar-refractivity contribution in [3.8, 4) is 0 Å². The second-order valence-corrected chi connectivity index (χ2v) is 8.78. The zero-order valence-corrected chi connectivity index (χ0v) is 16.4. The van der Waals surface area contributed by atoms with Crippen molar-refractivity contribution in [1.29, 1.82) is 0 Å². The van der Waals surface area contributed by atoms with Crippen LogP contribution in [0.15, 0.2) is 33.7 Å². The van der Waals surface area contributed by atoms with Crippen molar-refractivity contribution >= 4 is 17.7 Å². The molecule has 1 aromatic carbocycles. The van der Waals surface area contributed by atoms with Gasteiger partial charge in [0.15, 0.2) is 5.82 Å². The maximum atomic E-state index is 12.7. The van der Waals surface area contributed by atoms with Crippen LogP contribution in [0.2, 0.25) is 0 Å². The largest absolute Gasteiger partial charge is 0.349 e. The fraction of sp³-hybridized carbons (Fsp3) is 0.550. The summed E-state index contributed by atoms with van der Waals surface area (Å²) in [6.45, 7) is 1.80. The molecule has 1 heterocycles. The van der Waals surface area contributed by atoms with Crippen LogP contribution in [-0.4, -0.2) is 28.1 Å². The van der Waals surface area contributed by atoms with Gasteiger partial charge in [-0.3, -0.25) is 4.79 Å². The molecule has 0 aliphatic heterocycles. The van der Waals surface area contributed by atoms with Gasteiger partial charge in [0, 0.05) is 22.5 Å². The van der Waals surface area contributed by atoms with Gasteiger partial charge in [-0.05, 0) is 68.7 Å². The van der Waals surface area contributed by atoms with Crippen LogP contribution >= 0.6 is 11.8 Å². The first-order chi connectivity index (χ1) is 13.1. The van der Waals surface area contributed by atoms with Gasteiger partial charge in [-0.15, -0.1) is 11.8 Å². The lowest BCUT2D eigenvalue weighted by Gasteiger charge is -2.45. The van der Waals surface area contributed by atoms with E-state index in [9.17, 15) is 4.79 Å². The van der Waals surface area contributed by atoms with Crippen LogP contribution < -0.4 is 11.1 Å². The number of nitrogens with zero attached hydrogens (tertiary/aromatic N) is 2. The molecule has 7 heteroatoms. The van der Waals surface area contributed by atoms with Crippen LogP contribution in [0, 0.1) is 18.8 Å². The molecule has 144 valence electrons. The first kappa shape index (κ1) is 18.5. The highest BCUT2D eigenvalue weighted by Gasteiger charge is 2.39. The Morgan fingerprint density at radius 1 is 1.26 bits per heavy atom. The zero-order valence-electron chi connectivity index (χ0n) is 15.6. The van der Waals surface area contributed by atoms with Crippen LogP contribution in [-0.2, 0) is 5.75 Å². The third-order valence-electron chi connectivity index (χ3n) is 5.72. The number of benzene rings is 1. The van der Waals surface area contributed by atoms with Crippen molar-refractivity contribution in [2.24, 2.45) is 17.6 Å². The van der Waals surface area contributed by atoms with Crippen molar-refractivity contribution in [3.05, 3.63) is 41.5 Å². The molecule has 27 heavy (non-hydrogen) atoms. The summed E-state index contributed by atoms with van der Waals surface area (Å²) in [4.78, 5) is 18.0. The quantitative estimate of drug-likeness (QED) is 0.766. The Bertz CT molecular complexity index is 778. The molecule has 2 aliphatic rings. The first-order valence-electron chi connectivity index (χ1n) is 9.67. The summed E-state index contributed by atoms with van der Waals surface area (Å²) in [7, 11) is 0. The molecule has 0 saturated heterocycles. The minimum atomic E-state index is 0.0245. The van der Waals surface area contributed by atoms with Gasteiger partial charge >= 0.3 is 0 Å². The standard InChI is InChI=1S/C20H26N4O2S/c1-12-22-18(26-24-12)11-27-17-7-5-13(6-8-17)20(25)23-19-14-3-2-4-15(19)10-16(21)9-14/h5-8,14-16,19H,2-4,9-11,21H2,1H3,(H,23,25). The molecule has 2 fully saturated rings. The van der Waals surface area contributed by atoms with E-state index < -0.39 is 0 Å². The van der Waals surface area contributed by atoms with Gasteiger partial charge in [-0.25, -0.2) is 0 Å². The predicted molar refractivity (Wildman–Crippen MR) is 104 cm³/mol. The molecule has 6 nitrogen and oxygen atoms in total. The van der Waals surface area contributed by atoms with Crippen LogP contribution in [0.25, 0.3) is 0 Å². The maximum Gasteiger partial charge on any atom is 0.251 e. The molecule has 0 spiro atoms. The first-order valence-corrected chi connectivity index (χ1v) is 10.7. The summed E-state index contributed by atoms with van der Waals surface area (Å²) < 4.78 is 5.12. The fourth-order valence-corrected chi connectivity index (χ4v) is 5.24. The molecule has 2 unspecified atom stereocenters. The molecule has 2 aromatic rings. The van der Waals surface area contributed by atoms with Crippen LogP contribution in [0.3, 0.4) is 0 Å². The lowest BCUT2D eigenvalue weighted by molar-refractivity contribution is 0.0756. The summed E-state index contributed by atoms with van der Waals surface area (Å²) in [6, 6.07) is 8.30. The third-order valence-corrected chi connectivity index (χ3v) is 6.72. The molecule has 0 radical (unpaired) electrons. The van der Waals surface area contributed by atoms with Crippen LogP contribution in [0.5, 0.6) is 0 Å². The summed E-state index contributed by atoms with van der Waals surface area (Å²) in [5.41, 5.74) is 6.90. The number of carbonyl (C=O) groups excluding carboxylic acids is 1. The number of nitrogens with one attached hydrogen (secondary N) is 1. The highest BCUT2D eigenvalue weighted by molar-refractivity contribution is 7.98. The van der Waals surface area contributed by atoms with E-state index in [1.807, 2.05) is 24.3 Å². The Hall–Kier alpha value is -1.86. The fourth-order valence-electron chi connectivity index (χ4n) is 4.51. The van der Waals surface area contributed by atoms with Gasteiger partial charge in [0.25, 0.3) is 5.91 Å². The number of amides is 1. The molecular formula is C20H26N4O2S. The third kappa shape index (κ3) is 4.35. The topological polar surface area (TPSA) is 94.0 Å². The average molecular weight is 387 g/mol. The second-order valence-electron chi connectivity index (χ2n) is 7.73. The molecule has 4 rings (SSSR count). The smallest absolute Gasteiger partial charge is 0.251 e. The number of carbonyl (C=O) groups is 1. The summed E-state index contributed by atoms with van der Waals surface area (Å²) in [5.74, 6) is 2.97. The number of rotatable bonds is 5. The Balaban J connectivity index is 1.35. The average Bonchev–Trinajstić information content (AvgIpc) is 3.06. The van der Waals surface area contributed by atoms with E-state index in [-0.39, 0.29) is 11.9 Å². The minimum Gasteiger partial charge on any atom is -0.349 e. The van der Waals surface area contributed by atoms with E-state index in [1.54, 1.807) is 18.7 Å². The number of hydrogen-bond donors (Lipinski definition) is 2. The summed E-state index contributed by atoms with van der Waals surface area (Å²) in [5, 5.41) is 7.09. The number of nitrogens with two attached hydrogens (primary N) is 1. The molecule has 2 aliphatic carbocycles. The van der Waals surface area contributed by atoms with Gasteiger partial charge in [-0.2, -0.15) is 4.98 Å². The van der Waals surface area contributed by atoms with Crippen molar-refractivity contribution in [3.63, 3.8) is 0 Å². The lowest BCUT2D eigenvalue weighted by Crippen LogP contribution is -2.53. The highest BCUT2D eigenvalue weighted by Crippen LogP contribution is 2.39. The number of hydrogen-bond acceptors (Lipinski definition) is 6. The Morgan fingerprint density at radius 2 is 1.96 bits per heavy atom. The molecule has 1 amide bonds. The zero-order chi connectivity index (χ0) is 18.8. The second kappa shape index (κ2) is 8.02. The number of thioether (sulfide) groups is 1. The minimum absolute atomic E-state index is 0.0245. The number of fused-ring (bicyclic) bond motifs is 2. The van der Waals surface area contributed by atoms with Gasteiger partial charge in [0.2, 0.25) is 5.89 Å². The number of aryl methyl sites for hydroxylation is 1. The SMILES string of the molecule is Cc1noc(CSc2ccc(C(=O)NC3C4CCCC3CC(N)C4)cc2)n1. The van der Waals surface area contributed by atoms with Crippen molar-refractivity contribution in [2.45, 2.75) is 61.8 Å². The summed E-state index contributed by atoms with van der Waals surface area (Å²) in [6.07, 6.45) is 5.69. The van der Waals surface area contributed by atoms with E-state index in [1.165, 1.54) is 19.3 Å². The number of aromatic nitrogens is 2. The highest BCUT2D eigenvalue weighted by atomic mass is 32.2. The van der Waals surface area contributed by atoms with E-state index >= 15 is 0 Å². The molecule has 1 aromatic heterocycles. The van der Waals surface area contributed by atoms with Crippen molar-refractivity contribution in [2.75, 3.05) is 0 Å². The van der Waals surface area contributed by atoms with Gasteiger partial charge in [0.05, 0.1) is 5.75 Å². The Kier molecular flexibility index (Phi) is 5.50. The van der Waals surface area contributed by atoms with Crippen molar-refractivity contribution < 1.29 is 9.32 Å². The normalized spacial score (nSPS) is 27.3. The van der Waals surface area contributed by atoms with Gasteiger partial charge in [0.1, 0.15) is 0 Å². The van der Waals surface area contributed by atoms with Gasteiger partial charge < -0.3 is 15.6 Å². The Morgan fingerprint density at radius 3 is 2.59 bits per heavy atom. The van der Waals surface area contributed by atoms with E-state index in [0.29, 0.717) is 40.9 Å². The lowest BCUT2D eigenvalue weighted by atomic mass is 9.67. The van der Waals surface area contributed by atoms with Gasteiger partial charge in [-0.1, -0.05) is 11.6 Å². The predicted octanol–water partition coefficient (Wildman–Crippen LogP) is 3.31. The van der Waals surface area contributed by atoms with Crippen molar-refractivity contribution in [1.82, 2.24) is 15.5 Å². The monoisotopic (exact) mass is 386 g/mol. The summed E-state index contributed by atoms with van der Waals surface area (Å²) >= 11 is 1.61. The van der Waals surface area contributed by atoms with Crippen LogP contribution in [0.4, 0.5) is 0 Å². The molecule has 2 bridgehead atoms. The maximum absolute atomic E-state index is 12.7. The molecular weight excluding hydrogens is 360 g/mol. The Labute approximate surface area is 163 Å². The molecule has 2 saturated carbocycles.